The summed E-state index contributed by atoms with van der Waals surface area (Å²) in [4.78, 5) is 12.5. The lowest BCUT2D eigenvalue weighted by atomic mass is 10.0. The molecule has 0 fully saturated rings. The standard InChI is InChI=1S/C24H51NO2.C16H32O2/c1-2-3-4-5-6-7-8-9-10-11-12-13-14-15-16-17-18-19-20-25(21-23-26)22-24-27;1-2-3-4-5-6-7-8-9-10-11-12-13-14-15-16(17)18/h26-27H,2-24H2,1H3;2-15H2,1H3,(H,17,18). The number of aliphatic hydroxyl groups is 2. The van der Waals surface area contributed by atoms with Gasteiger partial charge in [-0.1, -0.05) is 200 Å². The second kappa shape index (κ2) is 43.4. The average molecular weight is 642 g/mol. The summed E-state index contributed by atoms with van der Waals surface area (Å²) in [6.45, 7) is 7.34. The molecular formula is C40H83NO4. The van der Waals surface area contributed by atoms with Gasteiger partial charge in [0.15, 0.2) is 0 Å². The van der Waals surface area contributed by atoms with Gasteiger partial charge in [0.05, 0.1) is 13.2 Å². The van der Waals surface area contributed by atoms with Gasteiger partial charge in [0.1, 0.15) is 0 Å². The topological polar surface area (TPSA) is 81.0 Å². The SMILES string of the molecule is CCCCCCCCCCCCCCCC(=O)O.CCCCCCCCCCCCCCCCCCCCN(CCO)CCO. The van der Waals surface area contributed by atoms with Gasteiger partial charge in [0.2, 0.25) is 0 Å². The lowest BCUT2D eigenvalue weighted by Crippen LogP contribution is -2.30. The molecule has 5 nitrogen and oxygen atoms in total. The smallest absolute Gasteiger partial charge is 0.303 e. The second-order valence-electron chi connectivity index (χ2n) is 13.7. The lowest BCUT2D eigenvalue weighted by Gasteiger charge is -2.19. The number of nitrogens with zero attached hydrogens (tertiary/aromatic N) is 1. The molecule has 0 saturated carbocycles. The third kappa shape index (κ3) is 45.5. The monoisotopic (exact) mass is 642 g/mol. The minimum absolute atomic E-state index is 0.193. The fourth-order valence-electron chi connectivity index (χ4n) is 6.15. The van der Waals surface area contributed by atoms with Gasteiger partial charge in [0, 0.05) is 19.5 Å². The highest BCUT2D eigenvalue weighted by atomic mass is 16.4. The molecule has 0 aliphatic carbocycles. The van der Waals surface area contributed by atoms with Crippen molar-refractivity contribution in [2.75, 3.05) is 32.8 Å². The second-order valence-corrected chi connectivity index (χ2v) is 13.7. The molecular weight excluding hydrogens is 558 g/mol. The van der Waals surface area contributed by atoms with Crippen LogP contribution in [0.25, 0.3) is 0 Å². The van der Waals surface area contributed by atoms with Gasteiger partial charge in [-0.2, -0.15) is 0 Å². The molecule has 0 bridgehead atoms. The van der Waals surface area contributed by atoms with E-state index in [1.807, 2.05) is 0 Å². The zero-order valence-corrected chi connectivity index (χ0v) is 30.9. The summed E-state index contributed by atoms with van der Waals surface area (Å²) in [6.07, 6.45) is 42.6. The normalized spacial score (nSPS) is 11.2. The largest absolute Gasteiger partial charge is 0.481 e. The van der Waals surface area contributed by atoms with Crippen molar-refractivity contribution in [2.45, 2.75) is 219 Å². The first kappa shape index (κ1) is 46.5. The maximum absolute atomic E-state index is 10.3. The minimum atomic E-state index is -0.655. The quantitative estimate of drug-likeness (QED) is 0.0588. The molecule has 272 valence electrons. The molecule has 0 aromatic carbocycles. The van der Waals surface area contributed by atoms with Crippen LogP contribution >= 0.6 is 0 Å². The third-order valence-corrected chi connectivity index (χ3v) is 9.15. The van der Waals surface area contributed by atoms with Crippen LogP contribution in [0.2, 0.25) is 0 Å². The van der Waals surface area contributed by atoms with Crippen LogP contribution in [0.15, 0.2) is 0 Å². The van der Waals surface area contributed by atoms with Crippen molar-refractivity contribution >= 4 is 5.97 Å². The first-order valence-electron chi connectivity index (χ1n) is 20.3. The fraction of sp³-hybridized carbons (Fsp3) is 0.975. The number of hydrogen-bond acceptors (Lipinski definition) is 4. The summed E-state index contributed by atoms with van der Waals surface area (Å²) >= 11 is 0. The van der Waals surface area contributed by atoms with E-state index < -0.39 is 5.97 Å². The van der Waals surface area contributed by atoms with E-state index in [1.165, 1.54) is 186 Å². The number of hydrogen-bond donors (Lipinski definition) is 3. The van der Waals surface area contributed by atoms with E-state index in [0.717, 1.165) is 19.4 Å². The number of carbonyl (C=O) groups is 1. The number of rotatable bonds is 37. The van der Waals surface area contributed by atoms with E-state index in [2.05, 4.69) is 18.7 Å². The summed E-state index contributed by atoms with van der Waals surface area (Å²) in [5.74, 6) is -0.655. The lowest BCUT2D eigenvalue weighted by molar-refractivity contribution is -0.137. The van der Waals surface area contributed by atoms with Crippen LogP contribution in [0.4, 0.5) is 0 Å². The Labute approximate surface area is 282 Å². The van der Waals surface area contributed by atoms with Crippen LogP contribution in [0.3, 0.4) is 0 Å². The first-order chi connectivity index (χ1) is 22.1. The number of aliphatic hydroxyl groups excluding tert-OH is 2. The molecule has 45 heavy (non-hydrogen) atoms. The van der Waals surface area contributed by atoms with Crippen molar-refractivity contribution in [3.05, 3.63) is 0 Å². The van der Waals surface area contributed by atoms with E-state index in [-0.39, 0.29) is 13.2 Å². The Kier molecular flexibility index (Phi) is 44.8. The Morgan fingerprint density at radius 2 is 0.622 bits per heavy atom. The highest BCUT2D eigenvalue weighted by Gasteiger charge is 2.03. The summed E-state index contributed by atoms with van der Waals surface area (Å²) in [6, 6.07) is 0. The van der Waals surface area contributed by atoms with Crippen LogP contribution < -0.4 is 0 Å². The highest BCUT2D eigenvalue weighted by molar-refractivity contribution is 5.66. The summed E-state index contributed by atoms with van der Waals surface area (Å²) in [5.41, 5.74) is 0. The summed E-state index contributed by atoms with van der Waals surface area (Å²) in [7, 11) is 0. The number of aliphatic carboxylic acids is 1. The zero-order chi connectivity index (χ0) is 33.3. The van der Waals surface area contributed by atoms with E-state index in [0.29, 0.717) is 19.5 Å². The molecule has 0 spiro atoms. The molecule has 0 rings (SSSR count). The molecule has 0 aromatic rings. The van der Waals surface area contributed by atoms with Crippen molar-refractivity contribution in [1.82, 2.24) is 4.90 Å². The van der Waals surface area contributed by atoms with Gasteiger partial charge in [0.25, 0.3) is 0 Å². The number of carboxylic acids is 1. The van der Waals surface area contributed by atoms with E-state index >= 15 is 0 Å². The van der Waals surface area contributed by atoms with E-state index in [4.69, 9.17) is 15.3 Å². The molecule has 0 radical (unpaired) electrons. The molecule has 0 saturated heterocycles. The maximum atomic E-state index is 10.3. The van der Waals surface area contributed by atoms with E-state index in [9.17, 15) is 4.79 Å². The van der Waals surface area contributed by atoms with Gasteiger partial charge < -0.3 is 15.3 Å². The maximum Gasteiger partial charge on any atom is 0.303 e. The molecule has 0 unspecified atom stereocenters. The third-order valence-electron chi connectivity index (χ3n) is 9.15. The number of carboxylic acid groups (broad SMARTS) is 1. The van der Waals surface area contributed by atoms with Crippen molar-refractivity contribution in [1.29, 1.82) is 0 Å². The van der Waals surface area contributed by atoms with Crippen molar-refractivity contribution in [2.24, 2.45) is 0 Å². The highest BCUT2D eigenvalue weighted by Crippen LogP contribution is 2.15. The Balaban J connectivity index is 0. The zero-order valence-electron chi connectivity index (χ0n) is 30.9. The van der Waals surface area contributed by atoms with Gasteiger partial charge in [-0.05, 0) is 19.4 Å². The fourth-order valence-corrected chi connectivity index (χ4v) is 6.15. The predicted molar refractivity (Wildman–Crippen MR) is 197 cm³/mol. The molecule has 0 aliphatic heterocycles. The van der Waals surface area contributed by atoms with Crippen LogP contribution in [-0.4, -0.2) is 59.0 Å². The Bertz CT molecular complexity index is 524. The van der Waals surface area contributed by atoms with Gasteiger partial charge in [-0.25, -0.2) is 0 Å². The van der Waals surface area contributed by atoms with Crippen molar-refractivity contribution in [3.63, 3.8) is 0 Å². The Morgan fingerprint density at radius 1 is 0.378 bits per heavy atom. The van der Waals surface area contributed by atoms with Crippen LogP contribution in [0, 0.1) is 0 Å². The van der Waals surface area contributed by atoms with E-state index in [1.54, 1.807) is 0 Å². The minimum Gasteiger partial charge on any atom is -0.481 e. The van der Waals surface area contributed by atoms with Gasteiger partial charge >= 0.3 is 5.97 Å². The van der Waals surface area contributed by atoms with Gasteiger partial charge in [-0.3, -0.25) is 9.69 Å². The summed E-state index contributed by atoms with van der Waals surface area (Å²) < 4.78 is 0. The average Bonchev–Trinajstić information content (AvgIpc) is 3.03. The van der Waals surface area contributed by atoms with Crippen molar-refractivity contribution in [3.8, 4) is 0 Å². The molecule has 3 N–H and O–H groups in total. The van der Waals surface area contributed by atoms with Crippen LogP contribution in [-0.2, 0) is 4.79 Å². The molecule has 0 aliphatic rings. The molecule has 0 heterocycles. The summed E-state index contributed by atoms with van der Waals surface area (Å²) in [5, 5.41) is 26.5. The van der Waals surface area contributed by atoms with Crippen LogP contribution in [0.1, 0.15) is 219 Å². The molecule has 0 atom stereocenters. The predicted octanol–water partition coefficient (Wildman–Crippen LogP) is 11.9. The Hall–Kier alpha value is -0.650. The molecule has 0 amide bonds. The van der Waals surface area contributed by atoms with Crippen LogP contribution in [0.5, 0.6) is 0 Å². The Morgan fingerprint density at radius 3 is 0.867 bits per heavy atom. The van der Waals surface area contributed by atoms with Crippen molar-refractivity contribution < 1.29 is 20.1 Å². The van der Waals surface area contributed by atoms with Gasteiger partial charge in [-0.15, -0.1) is 0 Å². The molecule has 0 aromatic heterocycles. The number of unbranched alkanes of at least 4 members (excludes halogenated alkanes) is 29. The molecule has 5 heteroatoms. The first-order valence-corrected chi connectivity index (χ1v) is 20.3.